The molecular weight excluding hydrogens is 326 g/mol. The largest absolute Gasteiger partial charge is 0.462 e. The van der Waals surface area contributed by atoms with Crippen molar-refractivity contribution < 1.29 is 24.0 Å². The zero-order valence-corrected chi connectivity index (χ0v) is 14.1. The van der Waals surface area contributed by atoms with Crippen molar-refractivity contribution in [2.45, 2.75) is 20.8 Å². The summed E-state index contributed by atoms with van der Waals surface area (Å²) in [5, 5.41) is 11.1. The number of carbonyl (C=O) groups is 2. The molecule has 0 unspecified atom stereocenters. The first-order chi connectivity index (χ1) is 11.8. The Morgan fingerprint density at radius 1 is 1.04 bits per heavy atom. The molecule has 0 saturated carbocycles. The molecule has 0 heterocycles. The predicted molar refractivity (Wildman–Crippen MR) is 89.9 cm³/mol. The van der Waals surface area contributed by atoms with E-state index < -0.39 is 16.9 Å². The Morgan fingerprint density at radius 2 is 1.60 bits per heavy atom. The van der Waals surface area contributed by atoms with Crippen molar-refractivity contribution in [3.05, 3.63) is 68.8 Å². The Kier molecular flexibility index (Phi) is 5.49. The highest BCUT2D eigenvalue weighted by molar-refractivity contribution is 5.97. The minimum Gasteiger partial charge on any atom is -0.462 e. The molecule has 0 spiro atoms. The van der Waals surface area contributed by atoms with Crippen LogP contribution in [-0.2, 0) is 4.74 Å². The van der Waals surface area contributed by atoms with E-state index in [-0.39, 0.29) is 23.4 Å². The van der Waals surface area contributed by atoms with Crippen LogP contribution in [0.2, 0.25) is 0 Å². The van der Waals surface area contributed by atoms with Crippen LogP contribution in [-0.4, -0.2) is 23.5 Å². The monoisotopic (exact) mass is 343 g/mol. The molecule has 7 heteroatoms. The fourth-order valence-corrected chi connectivity index (χ4v) is 2.28. The number of esters is 2. The summed E-state index contributed by atoms with van der Waals surface area (Å²) in [4.78, 5) is 34.7. The molecule has 0 fully saturated rings. The lowest BCUT2D eigenvalue weighted by atomic mass is 10.1. The third-order valence-electron chi connectivity index (χ3n) is 3.48. The molecule has 0 atom stereocenters. The lowest BCUT2D eigenvalue weighted by molar-refractivity contribution is -0.384. The van der Waals surface area contributed by atoms with Gasteiger partial charge in [0.2, 0.25) is 0 Å². The molecule has 0 saturated heterocycles. The number of non-ortho nitro benzene ring substituents is 1. The molecule has 130 valence electrons. The normalized spacial score (nSPS) is 10.2. The fraction of sp³-hybridized carbons (Fsp3) is 0.222. The molecule has 2 rings (SSSR count). The van der Waals surface area contributed by atoms with Gasteiger partial charge in [-0.15, -0.1) is 0 Å². The van der Waals surface area contributed by atoms with E-state index in [0.717, 1.165) is 23.3 Å². The van der Waals surface area contributed by atoms with Gasteiger partial charge in [0.25, 0.3) is 5.69 Å². The van der Waals surface area contributed by atoms with Crippen LogP contribution in [0.1, 0.15) is 38.8 Å². The number of nitro groups is 1. The van der Waals surface area contributed by atoms with E-state index in [1.807, 2.05) is 6.07 Å². The lowest BCUT2D eigenvalue weighted by Gasteiger charge is -2.11. The number of nitro benzene ring substituents is 1. The van der Waals surface area contributed by atoms with Crippen LogP contribution < -0.4 is 4.74 Å². The van der Waals surface area contributed by atoms with E-state index in [9.17, 15) is 19.7 Å². The van der Waals surface area contributed by atoms with Gasteiger partial charge in [0.05, 0.1) is 22.7 Å². The molecule has 0 aliphatic rings. The highest BCUT2D eigenvalue weighted by Gasteiger charge is 2.20. The Labute approximate surface area is 144 Å². The highest BCUT2D eigenvalue weighted by atomic mass is 16.6. The Bertz CT molecular complexity index is 823. The van der Waals surface area contributed by atoms with Crippen molar-refractivity contribution in [3.8, 4) is 5.75 Å². The van der Waals surface area contributed by atoms with Crippen molar-refractivity contribution in [1.82, 2.24) is 0 Å². The lowest BCUT2D eigenvalue weighted by Crippen LogP contribution is -2.13. The van der Waals surface area contributed by atoms with Gasteiger partial charge in [0.15, 0.2) is 0 Å². The Balaban J connectivity index is 2.41. The van der Waals surface area contributed by atoms with Crippen molar-refractivity contribution in [3.63, 3.8) is 0 Å². The second-order valence-corrected chi connectivity index (χ2v) is 5.36. The molecule has 0 amide bonds. The van der Waals surface area contributed by atoms with E-state index in [1.54, 1.807) is 32.9 Å². The highest BCUT2D eigenvalue weighted by Crippen LogP contribution is 2.25. The summed E-state index contributed by atoms with van der Waals surface area (Å²) in [5.74, 6) is -1.14. The number of benzene rings is 2. The molecule has 2 aromatic carbocycles. The van der Waals surface area contributed by atoms with Crippen LogP contribution in [0.3, 0.4) is 0 Å². The van der Waals surface area contributed by atoms with Crippen molar-refractivity contribution >= 4 is 17.6 Å². The molecule has 2 aromatic rings. The smallest absolute Gasteiger partial charge is 0.343 e. The van der Waals surface area contributed by atoms with Crippen molar-refractivity contribution in [2.24, 2.45) is 0 Å². The maximum atomic E-state index is 12.4. The van der Waals surface area contributed by atoms with Crippen LogP contribution in [0, 0.1) is 24.0 Å². The first-order valence-corrected chi connectivity index (χ1v) is 7.58. The Hall–Kier alpha value is -3.22. The van der Waals surface area contributed by atoms with Gasteiger partial charge in [0.1, 0.15) is 5.75 Å². The average Bonchev–Trinajstić information content (AvgIpc) is 2.57. The summed E-state index contributed by atoms with van der Waals surface area (Å²) < 4.78 is 10.2. The van der Waals surface area contributed by atoms with Crippen LogP contribution in [0.4, 0.5) is 5.69 Å². The Morgan fingerprint density at radius 3 is 2.12 bits per heavy atom. The van der Waals surface area contributed by atoms with Gasteiger partial charge in [-0.05, 0) is 38.0 Å². The fourth-order valence-electron chi connectivity index (χ4n) is 2.28. The van der Waals surface area contributed by atoms with Crippen molar-refractivity contribution in [1.29, 1.82) is 0 Å². The van der Waals surface area contributed by atoms with Gasteiger partial charge in [-0.2, -0.15) is 0 Å². The third-order valence-corrected chi connectivity index (χ3v) is 3.48. The van der Waals surface area contributed by atoms with E-state index in [0.29, 0.717) is 5.75 Å². The number of aryl methyl sites for hydroxylation is 2. The van der Waals surface area contributed by atoms with Crippen molar-refractivity contribution in [2.75, 3.05) is 6.61 Å². The second kappa shape index (κ2) is 7.57. The molecular formula is C18H17NO6. The van der Waals surface area contributed by atoms with Gasteiger partial charge < -0.3 is 9.47 Å². The summed E-state index contributed by atoms with van der Waals surface area (Å²) >= 11 is 0. The first-order valence-electron chi connectivity index (χ1n) is 7.58. The maximum Gasteiger partial charge on any atom is 0.343 e. The zero-order chi connectivity index (χ0) is 18.6. The summed E-state index contributed by atoms with van der Waals surface area (Å²) in [6.07, 6.45) is 0. The molecule has 0 aliphatic heterocycles. The molecule has 7 nitrogen and oxygen atoms in total. The SMILES string of the molecule is CCOC(=O)c1cc(C(=O)Oc2c(C)cccc2C)cc([N+](=O)[O-])c1. The summed E-state index contributed by atoms with van der Waals surface area (Å²) in [5.41, 5.74) is 0.942. The van der Waals surface area contributed by atoms with Gasteiger partial charge in [-0.3, -0.25) is 10.1 Å². The van der Waals surface area contributed by atoms with Gasteiger partial charge >= 0.3 is 11.9 Å². The quantitative estimate of drug-likeness (QED) is 0.356. The summed E-state index contributed by atoms with van der Waals surface area (Å²) in [6, 6.07) is 8.75. The number of para-hydroxylation sites is 1. The number of ether oxygens (including phenoxy) is 2. The topological polar surface area (TPSA) is 95.7 Å². The van der Waals surface area contributed by atoms with Crippen LogP contribution >= 0.6 is 0 Å². The summed E-state index contributed by atoms with van der Waals surface area (Å²) in [7, 11) is 0. The van der Waals surface area contributed by atoms with E-state index in [1.165, 1.54) is 6.07 Å². The average molecular weight is 343 g/mol. The van der Waals surface area contributed by atoms with Gasteiger partial charge in [-0.1, -0.05) is 18.2 Å². The molecule has 25 heavy (non-hydrogen) atoms. The second-order valence-electron chi connectivity index (χ2n) is 5.36. The maximum absolute atomic E-state index is 12.4. The van der Waals surface area contributed by atoms with Crippen LogP contribution in [0.5, 0.6) is 5.75 Å². The molecule has 0 radical (unpaired) electrons. The van der Waals surface area contributed by atoms with Gasteiger partial charge in [-0.25, -0.2) is 9.59 Å². The standard InChI is InChI=1S/C18H17NO6/c1-4-24-17(20)13-8-14(10-15(9-13)19(22)23)18(21)25-16-11(2)6-5-7-12(16)3/h5-10H,4H2,1-3H3. The van der Waals surface area contributed by atoms with E-state index in [4.69, 9.17) is 9.47 Å². The van der Waals surface area contributed by atoms with Crippen LogP contribution in [0.15, 0.2) is 36.4 Å². The minimum absolute atomic E-state index is 0.0792. The summed E-state index contributed by atoms with van der Waals surface area (Å²) in [6.45, 7) is 5.30. The zero-order valence-electron chi connectivity index (χ0n) is 14.1. The predicted octanol–water partition coefficient (Wildman–Crippen LogP) is 3.61. The third kappa shape index (κ3) is 4.20. The number of carbonyl (C=O) groups excluding carboxylic acids is 2. The van der Waals surface area contributed by atoms with E-state index >= 15 is 0 Å². The van der Waals surface area contributed by atoms with Crippen LogP contribution in [0.25, 0.3) is 0 Å². The molecule has 0 N–H and O–H groups in total. The number of hydrogen-bond acceptors (Lipinski definition) is 6. The first kappa shape index (κ1) is 18.1. The van der Waals surface area contributed by atoms with E-state index in [2.05, 4.69) is 0 Å². The number of hydrogen-bond donors (Lipinski definition) is 0. The number of nitrogens with zero attached hydrogens (tertiary/aromatic N) is 1. The molecule has 0 aliphatic carbocycles. The minimum atomic E-state index is -0.786. The number of rotatable bonds is 5. The molecule has 0 bridgehead atoms. The molecule has 0 aromatic heterocycles. The van der Waals surface area contributed by atoms with Gasteiger partial charge in [0, 0.05) is 12.1 Å².